The average Bonchev–Trinajstić information content (AvgIpc) is 3.12. The largest absolute Gasteiger partial charge is 0.367 e. The Labute approximate surface area is 189 Å². The van der Waals surface area contributed by atoms with Crippen molar-refractivity contribution in [2.24, 2.45) is 4.99 Å². The van der Waals surface area contributed by atoms with Crippen LogP contribution in [-0.4, -0.2) is 70.8 Å². The molecule has 1 fully saturated rings. The lowest BCUT2D eigenvalue weighted by Crippen LogP contribution is -2.45. The maximum Gasteiger partial charge on any atom is 0.213 e. The smallest absolute Gasteiger partial charge is 0.213 e. The number of benzene rings is 1. The Morgan fingerprint density at radius 3 is 2.72 bits per heavy atom. The zero-order valence-corrected chi connectivity index (χ0v) is 20.1. The molecule has 11 heteroatoms. The van der Waals surface area contributed by atoms with E-state index in [1.54, 1.807) is 21.0 Å². The minimum atomic E-state index is -3.16. The van der Waals surface area contributed by atoms with Gasteiger partial charge in [-0.15, -0.1) is 24.0 Å². The number of halogens is 3. The fourth-order valence-electron chi connectivity index (χ4n) is 3.09. The van der Waals surface area contributed by atoms with E-state index in [4.69, 9.17) is 0 Å². The summed E-state index contributed by atoms with van der Waals surface area (Å²) < 4.78 is 51.8. The molecule has 1 aromatic carbocycles. The van der Waals surface area contributed by atoms with Crippen LogP contribution in [0.3, 0.4) is 0 Å². The van der Waals surface area contributed by atoms with E-state index in [1.807, 2.05) is 4.90 Å². The lowest BCUT2D eigenvalue weighted by Gasteiger charge is -2.21. The molecule has 0 spiro atoms. The monoisotopic (exact) mass is 545 g/mol. The number of anilines is 1. The topological polar surface area (TPSA) is 77.0 Å². The van der Waals surface area contributed by atoms with Crippen LogP contribution in [0.25, 0.3) is 0 Å². The van der Waals surface area contributed by atoms with Crippen LogP contribution < -0.4 is 15.5 Å². The Bertz CT molecular complexity index is 794. The molecule has 0 bridgehead atoms. The van der Waals surface area contributed by atoms with E-state index in [9.17, 15) is 17.2 Å². The van der Waals surface area contributed by atoms with Crippen molar-refractivity contribution in [2.45, 2.75) is 25.8 Å². The third kappa shape index (κ3) is 7.52. The average molecular weight is 545 g/mol. The molecule has 0 aromatic heterocycles. The van der Waals surface area contributed by atoms with Crippen LogP contribution in [0, 0.1) is 11.6 Å². The van der Waals surface area contributed by atoms with E-state index in [-0.39, 0.29) is 35.8 Å². The van der Waals surface area contributed by atoms with E-state index < -0.39 is 21.7 Å². The third-order valence-electron chi connectivity index (χ3n) is 4.79. The second kappa shape index (κ2) is 11.8. The Kier molecular flexibility index (Phi) is 10.5. The van der Waals surface area contributed by atoms with Crippen molar-refractivity contribution < 1.29 is 17.2 Å². The number of nitrogens with one attached hydrogen (secondary N) is 2. The van der Waals surface area contributed by atoms with Crippen molar-refractivity contribution in [1.82, 2.24) is 14.9 Å². The Balaban J connectivity index is 0.00000420. The van der Waals surface area contributed by atoms with Gasteiger partial charge < -0.3 is 15.5 Å². The first kappa shape index (κ1) is 25.8. The number of nitrogens with zero attached hydrogens (tertiary/aromatic N) is 3. The van der Waals surface area contributed by atoms with Crippen molar-refractivity contribution in [3.8, 4) is 0 Å². The minimum absolute atomic E-state index is 0. The minimum Gasteiger partial charge on any atom is -0.367 e. The van der Waals surface area contributed by atoms with Gasteiger partial charge in [0.25, 0.3) is 0 Å². The van der Waals surface area contributed by atoms with Gasteiger partial charge in [0.1, 0.15) is 11.6 Å². The summed E-state index contributed by atoms with van der Waals surface area (Å²) in [4.78, 5) is 6.06. The number of guanidine groups is 1. The molecule has 1 aliphatic heterocycles. The highest BCUT2D eigenvalue weighted by molar-refractivity contribution is 14.0. The normalized spacial score (nSPS) is 17.4. The van der Waals surface area contributed by atoms with E-state index in [0.717, 1.165) is 12.5 Å². The summed E-state index contributed by atoms with van der Waals surface area (Å²) in [6, 6.07) is 3.70. The van der Waals surface area contributed by atoms with Gasteiger partial charge in [-0.05, 0) is 31.9 Å². The summed E-state index contributed by atoms with van der Waals surface area (Å²) in [7, 11) is 0.0772. The van der Waals surface area contributed by atoms with E-state index in [2.05, 4.69) is 15.6 Å². The number of sulfonamides is 1. The molecule has 0 radical (unpaired) electrons. The predicted molar refractivity (Wildman–Crippen MR) is 124 cm³/mol. The third-order valence-corrected chi connectivity index (χ3v) is 6.65. The molecule has 0 aliphatic carbocycles. The molecular weight excluding hydrogens is 515 g/mol. The van der Waals surface area contributed by atoms with E-state index in [0.29, 0.717) is 44.2 Å². The standard InChI is InChI=1S/C18H29F2N5O2S.HI/c1-4-28(26,27)24(3)10-5-9-22-18(21-2)23-15-8-11-25(13-15)17-7-6-14(19)12-16(17)20;/h6-7,12,15H,4-5,8-11,13H2,1-3H3,(H2,21,22,23);1H. The van der Waals surface area contributed by atoms with Crippen LogP contribution in [0.1, 0.15) is 19.8 Å². The van der Waals surface area contributed by atoms with Crippen LogP contribution in [0.5, 0.6) is 0 Å². The number of rotatable bonds is 8. The number of hydrogen-bond donors (Lipinski definition) is 2. The van der Waals surface area contributed by atoms with Crippen molar-refractivity contribution >= 4 is 45.6 Å². The predicted octanol–water partition coefficient (Wildman–Crippen LogP) is 2.00. The number of hydrogen-bond acceptors (Lipinski definition) is 4. The highest BCUT2D eigenvalue weighted by Crippen LogP contribution is 2.24. The summed E-state index contributed by atoms with van der Waals surface area (Å²) in [5.74, 6) is -0.439. The summed E-state index contributed by atoms with van der Waals surface area (Å²) in [6.45, 7) is 3.88. The van der Waals surface area contributed by atoms with Crippen LogP contribution in [0.15, 0.2) is 23.2 Å². The van der Waals surface area contributed by atoms with Gasteiger partial charge in [0.15, 0.2) is 5.96 Å². The molecule has 1 unspecified atom stereocenters. The second-order valence-electron chi connectivity index (χ2n) is 6.75. The SMILES string of the molecule is CCS(=O)(=O)N(C)CCCNC(=NC)NC1CCN(c2ccc(F)cc2F)C1.I. The first-order valence-electron chi connectivity index (χ1n) is 9.38. The molecule has 1 heterocycles. The van der Waals surface area contributed by atoms with Gasteiger partial charge in [-0.3, -0.25) is 4.99 Å². The molecule has 0 amide bonds. The fraction of sp³-hybridized carbons (Fsp3) is 0.611. The van der Waals surface area contributed by atoms with E-state index in [1.165, 1.54) is 16.4 Å². The van der Waals surface area contributed by atoms with Gasteiger partial charge in [-0.1, -0.05) is 0 Å². The summed E-state index contributed by atoms with van der Waals surface area (Å²) in [6.07, 6.45) is 1.45. The van der Waals surface area contributed by atoms with Gasteiger partial charge in [0, 0.05) is 52.4 Å². The Hall–Kier alpha value is -1.21. The highest BCUT2D eigenvalue weighted by atomic mass is 127. The Morgan fingerprint density at radius 1 is 1.38 bits per heavy atom. The first-order chi connectivity index (χ1) is 13.3. The van der Waals surface area contributed by atoms with Crippen molar-refractivity contribution in [2.75, 3.05) is 50.9 Å². The van der Waals surface area contributed by atoms with Crippen molar-refractivity contribution in [1.29, 1.82) is 0 Å². The molecule has 7 nitrogen and oxygen atoms in total. The summed E-state index contributed by atoms with van der Waals surface area (Å²) in [5, 5.41) is 6.46. The molecule has 1 aromatic rings. The Morgan fingerprint density at radius 2 is 2.10 bits per heavy atom. The lowest BCUT2D eigenvalue weighted by molar-refractivity contribution is 0.461. The molecule has 1 atom stereocenters. The molecule has 1 aliphatic rings. The van der Waals surface area contributed by atoms with Gasteiger partial charge in [-0.2, -0.15) is 0 Å². The van der Waals surface area contributed by atoms with Gasteiger partial charge in [0.05, 0.1) is 11.4 Å². The van der Waals surface area contributed by atoms with Crippen LogP contribution in [-0.2, 0) is 10.0 Å². The zero-order chi connectivity index (χ0) is 20.7. The quantitative estimate of drug-likeness (QED) is 0.226. The maximum atomic E-state index is 14.0. The first-order valence-corrected chi connectivity index (χ1v) is 11.0. The van der Waals surface area contributed by atoms with Crippen molar-refractivity contribution in [3.05, 3.63) is 29.8 Å². The van der Waals surface area contributed by atoms with Gasteiger partial charge >= 0.3 is 0 Å². The molecule has 2 N–H and O–H groups in total. The summed E-state index contributed by atoms with van der Waals surface area (Å²) in [5.41, 5.74) is 0.397. The van der Waals surface area contributed by atoms with Gasteiger partial charge in [0.2, 0.25) is 10.0 Å². The summed E-state index contributed by atoms with van der Waals surface area (Å²) >= 11 is 0. The molecule has 29 heavy (non-hydrogen) atoms. The number of aliphatic imine (C=N–C) groups is 1. The molecule has 2 rings (SSSR count). The van der Waals surface area contributed by atoms with E-state index >= 15 is 0 Å². The molecule has 166 valence electrons. The molecule has 1 saturated heterocycles. The molecular formula is C18H30F2IN5O2S. The van der Waals surface area contributed by atoms with Gasteiger partial charge in [-0.25, -0.2) is 21.5 Å². The highest BCUT2D eigenvalue weighted by Gasteiger charge is 2.25. The lowest BCUT2D eigenvalue weighted by atomic mass is 10.2. The van der Waals surface area contributed by atoms with Crippen molar-refractivity contribution in [3.63, 3.8) is 0 Å². The molecule has 0 saturated carbocycles. The fourth-order valence-corrected chi connectivity index (χ4v) is 3.94. The second-order valence-corrected chi connectivity index (χ2v) is 9.11. The van der Waals surface area contributed by atoms with Crippen LogP contribution in [0.2, 0.25) is 0 Å². The zero-order valence-electron chi connectivity index (χ0n) is 17.0. The van der Waals surface area contributed by atoms with Crippen LogP contribution >= 0.6 is 24.0 Å². The maximum absolute atomic E-state index is 14.0. The van der Waals surface area contributed by atoms with Crippen LogP contribution in [0.4, 0.5) is 14.5 Å².